The van der Waals surface area contributed by atoms with Crippen molar-refractivity contribution in [2.45, 2.75) is 0 Å². The number of hydrogen-bond donors (Lipinski definition) is 3. The zero-order valence-corrected chi connectivity index (χ0v) is 5.96. The van der Waals surface area contributed by atoms with Crippen LogP contribution in [0.1, 0.15) is 5.56 Å². The molecule has 3 nitrogen and oxygen atoms in total. The van der Waals surface area contributed by atoms with E-state index in [1.54, 1.807) is 0 Å². The van der Waals surface area contributed by atoms with Crippen LogP contribution >= 0.6 is 0 Å². The second kappa shape index (κ2) is 2.20. The summed E-state index contributed by atoms with van der Waals surface area (Å²) >= 11 is 0. The average Bonchev–Trinajstić information content (AvgIpc) is 2.06. The highest BCUT2D eigenvalue weighted by molar-refractivity contribution is 5.78. The number of nitrogen functional groups attached to an aromatic ring is 1. The number of nitrogens with two attached hydrogens (primary N) is 1. The lowest BCUT2D eigenvalue weighted by Gasteiger charge is -2.15. The molecule has 1 aliphatic heterocycles. The Kier molecular flexibility index (Phi) is 1.22. The molecule has 4 N–H and O–H groups in total. The molecule has 1 heterocycles. The van der Waals surface area contributed by atoms with Gasteiger partial charge in [-0.1, -0.05) is 6.07 Å². The average molecular weight is 147 g/mol. The van der Waals surface area contributed by atoms with E-state index in [1.165, 1.54) is 0 Å². The maximum Gasteiger partial charge on any atom is 0.0633 e. The molecule has 1 aromatic carbocycles. The van der Waals surface area contributed by atoms with Crippen LogP contribution in [0, 0.1) is 0 Å². The van der Waals surface area contributed by atoms with Crippen LogP contribution in [-0.4, -0.2) is 0 Å². The van der Waals surface area contributed by atoms with Gasteiger partial charge in [0, 0.05) is 17.5 Å². The van der Waals surface area contributed by atoms with Crippen LogP contribution in [0.2, 0.25) is 0 Å². The SMILES string of the molecule is Nc1cccc2c1C=CNN2. The van der Waals surface area contributed by atoms with E-state index in [1.807, 2.05) is 30.5 Å². The molecular formula is C8H9N3. The maximum atomic E-state index is 5.72. The number of anilines is 2. The Labute approximate surface area is 64.9 Å². The fourth-order valence-corrected chi connectivity index (χ4v) is 1.12. The summed E-state index contributed by atoms with van der Waals surface area (Å²) in [6.45, 7) is 0. The fraction of sp³-hybridized carbons (Fsp3) is 0. The Morgan fingerprint density at radius 1 is 1.27 bits per heavy atom. The van der Waals surface area contributed by atoms with Crippen LogP contribution in [0.5, 0.6) is 0 Å². The van der Waals surface area contributed by atoms with Crippen molar-refractivity contribution in [2.75, 3.05) is 11.2 Å². The summed E-state index contributed by atoms with van der Waals surface area (Å²) in [4.78, 5) is 0. The summed E-state index contributed by atoms with van der Waals surface area (Å²) < 4.78 is 0. The molecule has 0 aliphatic carbocycles. The topological polar surface area (TPSA) is 50.1 Å². The quantitative estimate of drug-likeness (QED) is 0.483. The Balaban J connectivity index is 2.60. The fourth-order valence-electron chi connectivity index (χ4n) is 1.12. The monoisotopic (exact) mass is 147 g/mol. The molecule has 0 unspecified atom stereocenters. The number of hydrazine groups is 1. The molecular weight excluding hydrogens is 138 g/mol. The van der Waals surface area contributed by atoms with Crippen molar-refractivity contribution < 1.29 is 0 Å². The Morgan fingerprint density at radius 3 is 3.00 bits per heavy atom. The van der Waals surface area contributed by atoms with E-state index < -0.39 is 0 Å². The van der Waals surface area contributed by atoms with Gasteiger partial charge in [0.25, 0.3) is 0 Å². The van der Waals surface area contributed by atoms with Crippen LogP contribution in [-0.2, 0) is 0 Å². The predicted octanol–water partition coefficient (Wildman–Crippen LogP) is 1.17. The molecule has 0 radical (unpaired) electrons. The minimum atomic E-state index is 0.799. The number of hydrogen-bond acceptors (Lipinski definition) is 3. The van der Waals surface area contributed by atoms with Gasteiger partial charge >= 0.3 is 0 Å². The maximum absolute atomic E-state index is 5.72. The molecule has 0 saturated heterocycles. The van der Waals surface area contributed by atoms with Crippen LogP contribution in [0.25, 0.3) is 6.08 Å². The first-order valence-corrected chi connectivity index (χ1v) is 3.44. The van der Waals surface area contributed by atoms with Gasteiger partial charge in [0.2, 0.25) is 0 Å². The highest BCUT2D eigenvalue weighted by atomic mass is 15.3. The standard InChI is InChI=1S/C8H9N3/c9-7-2-1-3-8-6(7)4-5-10-11-8/h1-5,10-11H,9H2. The van der Waals surface area contributed by atoms with Crippen molar-refractivity contribution >= 4 is 17.5 Å². The first-order valence-electron chi connectivity index (χ1n) is 3.44. The van der Waals surface area contributed by atoms with Crippen molar-refractivity contribution in [3.05, 3.63) is 30.0 Å². The van der Waals surface area contributed by atoms with Gasteiger partial charge in [-0.15, -0.1) is 0 Å². The van der Waals surface area contributed by atoms with Crippen molar-refractivity contribution in [1.29, 1.82) is 0 Å². The summed E-state index contributed by atoms with van der Waals surface area (Å²) in [5.41, 5.74) is 14.5. The van der Waals surface area contributed by atoms with E-state index in [-0.39, 0.29) is 0 Å². The molecule has 0 spiro atoms. The van der Waals surface area contributed by atoms with Gasteiger partial charge in [-0.2, -0.15) is 0 Å². The number of rotatable bonds is 0. The van der Waals surface area contributed by atoms with Crippen LogP contribution in [0.3, 0.4) is 0 Å². The Morgan fingerprint density at radius 2 is 2.18 bits per heavy atom. The molecule has 0 bridgehead atoms. The van der Waals surface area contributed by atoms with Gasteiger partial charge in [0.15, 0.2) is 0 Å². The van der Waals surface area contributed by atoms with Gasteiger partial charge in [-0.25, -0.2) is 0 Å². The van der Waals surface area contributed by atoms with Gasteiger partial charge in [-0.05, 0) is 18.2 Å². The molecule has 11 heavy (non-hydrogen) atoms. The molecule has 0 amide bonds. The van der Waals surface area contributed by atoms with Crippen molar-refractivity contribution in [2.24, 2.45) is 0 Å². The predicted molar refractivity (Wildman–Crippen MR) is 46.6 cm³/mol. The zero-order valence-electron chi connectivity index (χ0n) is 5.96. The van der Waals surface area contributed by atoms with Gasteiger partial charge in [0.1, 0.15) is 0 Å². The minimum Gasteiger partial charge on any atom is -0.398 e. The summed E-state index contributed by atoms with van der Waals surface area (Å²) in [5.74, 6) is 0. The third kappa shape index (κ3) is 0.902. The molecule has 0 fully saturated rings. The van der Waals surface area contributed by atoms with Crippen molar-refractivity contribution in [3.8, 4) is 0 Å². The minimum absolute atomic E-state index is 0.799. The van der Waals surface area contributed by atoms with Crippen LogP contribution in [0.15, 0.2) is 24.4 Å². The third-order valence-corrected chi connectivity index (χ3v) is 1.68. The summed E-state index contributed by atoms with van der Waals surface area (Å²) in [7, 11) is 0. The van der Waals surface area contributed by atoms with E-state index in [2.05, 4.69) is 10.9 Å². The van der Waals surface area contributed by atoms with Crippen LogP contribution < -0.4 is 16.6 Å². The van der Waals surface area contributed by atoms with E-state index in [0.29, 0.717) is 0 Å². The number of benzene rings is 1. The lowest BCUT2D eigenvalue weighted by molar-refractivity contribution is 1.05. The molecule has 3 heteroatoms. The van der Waals surface area contributed by atoms with E-state index >= 15 is 0 Å². The second-order valence-electron chi connectivity index (χ2n) is 2.41. The first-order chi connectivity index (χ1) is 5.38. The second-order valence-corrected chi connectivity index (χ2v) is 2.41. The molecule has 56 valence electrons. The van der Waals surface area contributed by atoms with Crippen molar-refractivity contribution in [3.63, 3.8) is 0 Å². The summed E-state index contributed by atoms with van der Waals surface area (Å²) in [5, 5.41) is 0. The van der Waals surface area contributed by atoms with Gasteiger partial charge in [-0.3, -0.25) is 0 Å². The Hall–Kier alpha value is -1.64. The van der Waals surface area contributed by atoms with E-state index in [0.717, 1.165) is 16.9 Å². The summed E-state index contributed by atoms with van der Waals surface area (Å²) in [6, 6.07) is 5.78. The zero-order chi connectivity index (χ0) is 7.68. The van der Waals surface area contributed by atoms with E-state index in [9.17, 15) is 0 Å². The summed E-state index contributed by atoms with van der Waals surface area (Å²) in [6.07, 6.45) is 3.76. The third-order valence-electron chi connectivity index (χ3n) is 1.68. The van der Waals surface area contributed by atoms with Crippen LogP contribution in [0.4, 0.5) is 11.4 Å². The first kappa shape index (κ1) is 6.09. The lowest BCUT2D eigenvalue weighted by Crippen LogP contribution is -2.18. The molecule has 1 aliphatic rings. The molecule has 0 atom stereocenters. The lowest BCUT2D eigenvalue weighted by atomic mass is 10.1. The number of nitrogens with one attached hydrogen (secondary N) is 2. The largest absolute Gasteiger partial charge is 0.398 e. The highest BCUT2D eigenvalue weighted by Gasteiger charge is 2.04. The molecule has 0 saturated carbocycles. The molecule has 1 aromatic rings. The normalized spacial score (nSPS) is 13.1. The van der Waals surface area contributed by atoms with E-state index in [4.69, 9.17) is 5.73 Å². The van der Waals surface area contributed by atoms with Crippen molar-refractivity contribution in [1.82, 2.24) is 5.43 Å². The van der Waals surface area contributed by atoms with Gasteiger partial charge < -0.3 is 16.6 Å². The van der Waals surface area contributed by atoms with Gasteiger partial charge in [0.05, 0.1) is 5.69 Å². The number of fused-ring (bicyclic) bond motifs is 1. The Bertz CT molecular complexity index is 304. The smallest absolute Gasteiger partial charge is 0.0633 e. The molecule has 2 rings (SSSR count). The molecule has 0 aromatic heterocycles. The highest BCUT2D eigenvalue weighted by Crippen LogP contribution is 2.24.